The second kappa shape index (κ2) is 6.04. The Labute approximate surface area is 119 Å². The van der Waals surface area contributed by atoms with Gasteiger partial charge in [-0.25, -0.2) is 18.4 Å². The molecule has 0 radical (unpaired) electrons. The zero-order valence-electron chi connectivity index (χ0n) is 11.1. The molecule has 0 saturated carbocycles. The molecule has 21 heavy (non-hydrogen) atoms. The van der Waals surface area contributed by atoms with E-state index in [9.17, 15) is 18.4 Å². The molecule has 1 aromatic carbocycles. The summed E-state index contributed by atoms with van der Waals surface area (Å²) in [5, 5.41) is 11.0. The molecule has 1 aliphatic heterocycles. The van der Waals surface area contributed by atoms with Crippen LogP contribution in [0.25, 0.3) is 0 Å². The summed E-state index contributed by atoms with van der Waals surface area (Å²) < 4.78 is 26.9. The van der Waals surface area contributed by atoms with Crippen LogP contribution in [0.15, 0.2) is 12.1 Å². The van der Waals surface area contributed by atoms with Gasteiger partial charge in [0.05, 0.1) is 11.3 Å². The highest BCUT2D eigenvalue weighted by Gasteiger charge is 2.23. The van der Waals surface area contributed by atoms with E-state index in [-0.39, 0.29) is 11.7 Å². The highest BCUT2D eigenvalue weighted by Crippen LogP contribution is 2.20. The first-order chi connectivity index (χ1) is 9.88. The third kappa shape index (κ3) is 3.46. The minimum absolute atomic E-state index is 0.142. The van der Waals surface area contributed by atoms with E-state index in [4.69, 9.17) is 10.8 Å². The fraction of sp³-hybridized carbons (Fsp3) is 0.385. The number of piperidine rings is 1. The molecule has 1 unspecified atom stereocenters. The Hall–Kier alpha value is -2.22. The van der Waals surface area contributed by atoms with E-state index in [1.165, 1.54) is 4.90 Å². The third-order valence-corrected chi connectivity index (χ3v) is 3.27. The molecule has 2 amide bonds. The van der Waals surface area contributed by atoms with Gasteiger partial charge in [0.1, 0.15) is 11.6 Å². The maximum Gasteiger partial charge on any atom is 0.338 e. The number of amides is 2. The average Bonchev–Trinajstić information content (AvgIpc) is 2.41. The standard InChI is InChI=1S/C13H15F2N3O3/c14-9-5-10(15)11(4-8(9)12(19)20)17-13(21)18-3-1-2-7(16)6-18/h4-5,7H,1-3,6,16H2,(H,17,21)(H,19,20). The van der Waals surface area contributed by atoms with Crippen LogP contribution in [0.2, 0.25) is 0 Å². The number of anilines is 1. The Morgan fingerprint density at radius 1 is 1.33 bits per heavy atom. The monoisotopic (exact) mass is 299 g/mol. The fourth-order valence-corrected chi connectivity index (χ4v) is 2.20. The van der Waals surface area contributed by atoms with Crippen molar-refractivity contribution in [1.82, 2.24) is 4.90 Å². The lowest BCUT2D eigenvalue weighted by molar-refractivity contribution is 0.0691. The molecule has 1 saturated heterocycles. The highest BCUT2D eigenvalue weighted by atomic mass is 19.1. The lowest BCUT2D eigenvalue weighted by Crippen LogP contribution is -2.47. The van der Waals surface area contributed by atoms with Crippen molar-refractivity contribution < 1.29 is 23.5 Å². The van der Waals surface area contributed by atoms with Crippen molar-refractivity contribution in [3.05, 3.63) is 29.3 Å². The van der Waals surface area contributed by atoms with Crippen LogP contribution in [0.1, 0.15) is 23.2 Å². The smallest absolute Gasteiger partial charge is 0.338 e. The summed E-state index contributed by atoms with van der Waals surface area (Å²) >= 11 is 0. The molecule has 0 aliphatic carbocycles. The molecule has 8 heteroatoms. The number of carboxylic acid groups (broad SMARTS) is 1. The molecule has 1 aliphatic rings. The Morgan fingerprint density at radius 3 is 2.67 bits per heavy atom. The number of carbonyl (C=O) groups excluding carboxylic acids is 1. The fourth-order valence-electron chi connectivity index (χ4n) is 2.20. The van der Waals surface area contributed by atoms with Gasteiger partial charge in [0, 0.05) is 25.2 Å². The van der Waals surface area contributed by atoms with Gasteiger partial charge in [0.25, 0.3) is 0 Å². The number of halogens is 2. The van der Waals surface area contributed by atoms with E-state index in [0.717, 1.165) is 18.9 Å². The van der Waals surface area contributed by atoms with E-state index >= 15 is 0 Å². The van der Waals surface area contributed by atoms with Crippen LogP contribution < -0.4 is 11.1 Å². The lowest BCUT2D eigenvalue weighted by Gasteiger charge is -2.30. The molecule has 2 rings (SSSR count). The van der Waals surface area contributed by atoms with E-state index in [0.29, 0.717) is 19.2 Å². The van der Waals surface area contributed by atoms with E-state index < -0.39 is 29.2 Å². The van der Waals surface area contributed by atoms with Crippen LogP contribution in [-0.4, -0.2) is 41.1 Å². The van der Waals surface area contributed by atoms with Gasteiger partial charge in [-0.15, -0.1) is 0 Å². The molecule has 0 aromatic heterocycles. The van der Waals surface area contributed by atoms with Crippen molar-refractivity contribution >= 4 is 17.7 Å². The maximum atomic E-state index is 13.6. The molecule has 0 bridgehead atoms. The molecule has 114 valence electrons. The predicted octanol–water partition coefficient (Wildman–Crippen LogP) is 1.62. The number of hydrogen-bond donors (Lipinski definition) is 3. The molecule has 4 N–H and O–H groups in total. The molecular weight excluding hydrogens is 284 g/mol. The summed E-state index contributed by atoms with van der Waals surface area (Å²) in [6, 6.07) is 0.458. The van der Waals surface area contributed by atoms with Crippen LogP contribution in [0, 0.1) is 11.6 Å². The van der Waals surface area contributed by atoms with Crippen molar-refractivity contribution in [2.24, 2.45) is 5.73 Å². The minimum Gasteiger partial charge on any atom is -0.478 e. The maximum absolute atomic E-state index is 13.6. The SMILES string of the molecule is NC1CCCN(C(=O)Nc2cc(C(=O)O)c(F)cc2F)C1. The van der Waals surface area contributed by atoms with Gasteiger partial charge < -0.3 is 21.1 Å². The number of likely N-dealkylation sites (tertiary alicyclic amines) is 1. The van der Waals surface area contributed by atoms with Gasteiger partial charge in [-0.1, -0.05) is 0 Å². The van der Waals surface area contributed by atoms with Gasteiger partial charge in [-0.05, 0) is 18.9 Å². The summed E-state index contributed by atoms with van der Waals surface area (Å²) in [6.45, 7) is 0.814. The van der Waals surface area contributed by atoms with Gasteiger partial charge in [-0.3, -0.25) is 0 Å². The largest absolute Gasteiger partial charge is 0.478 e. The van der Waals surface area contributed by atoms with E-state index in [1.807, 2.05) is 0 Å². The zero-order chi connectivity index (χ0) is 15.6. The topological polar surface area (TPSA) is 95.7 Å². The molecule has 1 aromatic rings. The van der Waals surface area contributed by atoms with Crippen LogP contribution in [0.3, 0.4) is 0 Å². The Bertz CT molecular complexity index is 580. The number of aromatic carboxylic acids is 1. The highest BCUT2D eigenvalue weighted by molar-refractivity contribution is 5.93. The number of benzene rings is 1. The minimum atomic E-state index is -1.54. The molecule has 1 heterocycles. The summed E-state index contributed by atoms with van der Waals surface area (Å²) in [5.41, 5.74) is 4.66. The first-order valence-electron chi connectivity index (χ1n) is 6.42. The number of carboxylic acids is 1. The molecule has 1 atom stereocenters. The number of urea groups is 1. The molecular formula is C13H15F2N3O3. The lowest BCUT2D eigenvalue weighted by atomic mass is 10.1. The van der Waals surface area contributed by atoms with Gasteiger partial charge >= 0.3 is 12.0 Å². The van der Waals surface area contributed by atoms with Crippen molar-refractivity contribution in [3.63, 3.8) is 0 Å². The van der Waals surface area contributed by atoms with Crippen molar-refractivity contribution in [3.8, 4) is 0 Å². The van der Waals surface area contributed by atoms with Gasteiger partial charge in [0.15, 0.2) is 0 Å². The number of nitrogens with one attached hydrogen (secondary N) is 1. The van der Waals surface area contributed by atoms with Gasteiger partial charge in [-0.2, -0.15) is 0 Å². The summed E-state index contributed by atoms with van der Waals surface area (Å²) in [7, 11) is 0. The number of hydrogen-bond acceptors (Lipinski definition) is 3. The van der Waals surface area contributed by atoms with Crippen molar-refractivity contribution in [1.29, 1.82) is 0 Å². The number of nitrogens with zero attached hydrogens (tertiary/aromatic N) is 1. The molecule has 6 nitrogen and oxygen atoms in total. The first kappa shape index (κ1) is 15.2. The Morgan fingerprint density at radius 2 is 2.05 bits per heavy atom. The van der Waals surface area contributed by atoms with Crippen LogP contribution in [-0.2, 0) is 0 Å². The van der Waals surface area contributed by atoms with Crippen LogP contribution in [0.4, 0.5) is 19.3 Å². The quantitative estimate of drug-likeness (QED) is 0.773. The summed E-state index contributed by atoms with van der Waals surface area (Å²) in [6.07, 6.45) is 1.54. The van der Waals surface area contributed by atoms with Gasteiger partial charge in [0.2, 0.25) is 0 Å². The number of carbonyl (C=O) groups is 2. The van der Waals surface area contributed by atoms with Crippen molar-refractivity contribution in [2.75, 3.05) is 18.4 Å². The van der Waals surface area contributed by atoms with E-state index in [2.05, 4.69) is 5.32 Å². The Kier molecular flexibility index (Phi) is 4.37. The molecule has 1 fully saturated rings. The van der Waals surface area contributed by atoms with Crippen molar-refractivity contribution in [2.45, 2.75) is 18.9 Å². The second-order valence-corrected chi connectivity index (χ2v) is 4.90. The predicted molar refractivity (Wildman–Crippen MR) is 71.1 cm³/mol. The normalized spacial score (nSPS) is 18.4. The van der Waals surface area contributed by atoms with E-state index in [1.54, 1.807) is 0 Å². The number of rotatable bonds is 2. The average molecular weight is 299 g/mol. The Balaban J connectivity index is 2.17. The zero-order valence-corrected chi connectivity index (χ0v) is 11.1. The molecule has 0 spiro atoms. The van der Waals surface area contributed by atoms with Crippen LogP contribution in [0.5, 0.6) is 0 Å². The first-order valence-corrected chi connectivity index (χ1v) is 6.42. The number of nitrogens with two attached hydrogens (primary N) is 1. The summed E-state index contributed by atoms with van der Waals surface area (Å²) in [4.78, 5) is 24.2. The van der Waals surface area contributed by atoms with Crippen LogP contribution >= 0.6 is 0 Å². The second-order valence-electron chi connectivity index (χ2n) is 4.90. The summed E-state index contributed by atoms with van der Waals surface area (Å²) in [5.74, 6) is -3.77. The third-order valence-electron chi connectivity index (χ3n) is 3.27.